The topological polar surface area (TPSA) is 29.5 Å². The summed E-state index contributed by atoms with van der Waals surface area (Å²) >= 11 is 0. The first-order valence-corrected chi connectivity index (χ1v) is 7.02. The van der Waals surface area contributed by atoms with Crippen molar-refractivity contribution >= 4 is 5.97 Å². The molecule has 1 atom stereocenters. The Hall–Kier alpha value is -1.35. The molecule has 0 fully saturated rings. The molecule has 0 aromatic heterocycles. The van der Waals surface area contributed by atoms with E-state index in [1.807, 2.05) is 37.3 Å². The molecule has 0 bridgehead atoms. The van der Waals surface area contributed by atoms with Crippen molar-refractivity contribution in [1.29, 1.82) is 0 Å². The molecule has 0 saturated heterocycles. The SMILES string of the molecule is CCCCN(C)CC(C)C(=O)OCc1ccccc1. The third-order valence-electron chi connectivity index (χ3n) is 3.11. The molecule has 3 nitrogen and oxygen atoms in total. The largest absolute Gasteiger partial charge is 0.461 e. The van der Waals surface area contributed by atoms with Crippen LogP contribution in [0.2, 0.25) is 0 Å². The van der Waals surface area contributed by atoms with E-state index >= 15 is 0 Å². The highest BCUT2D eigenvalue weighted by molar-refractivity contribution is 5.72. The van der Waals surface area contributed by atoms with E-state index in [-0.39, 0.29) is 11.9 Å². The summed E-state index contributed by atoms with van der Waals surface area (Å²) in [7, 11) is 2.05. The molecular weight excluding hydrogens is 238 g/mol. The third-order valence-corrected chi connectivity index (χ3v) is 3.11. The van der Waals surface area contributed by atoms with Crippen molar-refractivity contribution in [3.63, 3.8) is 0 Å². The summed E-state index contributed by atoms with van der Waals surface area (Å²) < 4.78 is 5.33. The highest BCUT2D eigenvalue weighted by atomic mass is 16.5. The fraction of sp³-hybridized carbons (Fsp3) is 0.562. The molecule has 0 amide bonds. The Labute approximate surface area is 116 Å². The van der Waals surface area contributed by atoms with Crippen LogP contribution in [0.4, 0.5) is 0 Å². The second-order valence-electron chi connectivity index (χ2n) is 5.11. The number of benzene rings is 1. The normalized spacial score (nSPS) is 12.4. The number of nitrogens with zero attached hydrogens (tertiary/aromatic N) is 1. The lowest BCUT2D eigenvalue weighted by Gasteiger charge is -2.20. The maximum Gasteiger partial charge on any atom is 0.310 e. The molecule has 0 saturated carbocycles. The van der Waals surface area contributed by atoms with Crippen LogP contribution in [0.15, 0.2) is 30.3 Å². The molecule has 0 aliphatic heterocycles. The van der Waals surface area contributed by atoms with E-state index in [0.717, 1.165) is 18.7 Å². The van der Waals surface area contributed by atoms with Crippen molar-refractivity contribution in [1.82, 2.24) is 4.90 Å². The van der Waals surface area contributed by atoms with E-state index < -0.39 is 0 Å². The first kappa shape index (κ1) is 15.7. The van der Waals surface area contributed by atoms with Crippen molar-refractivity contribution in [3.05, 3.63) is 35.9 Å². The van der Waals surface area contributed by atoms with Crippen LogP contribution in [0, 0.1) is 5.92 Å². The standard InChI is InChI=1S/C16H25NO2/c1-4-5-11-17(3)12-14(2)16(18)19-13-15-9-7-6-8-10-15/h6-10,14H,4-5,11-13H2,1-3H3. The third kappa shape index (κ3) is 6.39. The molecule has 0 aliphatic carbocycles. The van der Waals surface area contributed by atoms with Gasteiger partial charge in [-0.1, -0.05) is 50.6 Å². The Morgan fingerprint density at radius 3 is 2.63 bits per heavy atom. The van der Waals surface area contributed by atoms with Gasteiger partial charge in [0.2, 0.25) is 0 Å². The van der Waals surface area contributed by atoms with Gasteiger partial charge in [0.1, 0.15) is 6.61 Å². The summed E-state index contributed by atoms with van der Waals surface area (Å²) in [4.78, 5) is 14.1. The quantitative estimate of drug-likeness (QED) is 0.675. The maximum absolute atomic E-state index is 11.9. The van der Waals surface area contributed by atoms with E-state index in [1.165, 1.54) is 12.8 Å². The van der Waals surface area contributed by atoms with Gasteiger partial charge in [0.15, 0.2) is 0 Å². The van der Waals surface area contributed by atoms with Crippen LogP contribution in [0.25, 0.3) is 0 Å². The molecule has 1 unspecified atom stereocenters. The predicted octanol–water partition coefficient (Wildman–Crippen LogP) is 3.10. The number of rotatable bonds is 8. The molecule has 19 heavy (non-hydrogen) atoms. The smallest absolute Gasteiger partial charge is 0.310 e. The van der Waals surface area contributed by atoms with Crippen LogP contribution >= 0.6 is 0 Å². The zero-order chi connectivity index (χ0) is 14.1. The summed E-state index contributed by atoms with van der Waals surface area (Å²) in [5, 5.41) is 0. The van der Waals surface area contributed by atoms with Crippen molar-refractivity contribution in [2.24, 2.45) is 5.92 Å². The Morgan fingerprint density at radius 2 is 2.00 bits per heavy atom. The van der Waals surface area contributed by atoms with Crippen LogP contribution in [0.3, 0.4) is 0 Å². The van der Waals surface area contributed by atoms with Gasteiger partial charge < -0.3 is 9.64 Å². The minimum absolute atomic E-state index is 0.0782. The van der Waals surface area contributed by atoms with Crippen molar-refractivity contribution in [3.8, 4) is 0 Å². The average molecular weight is 263 g/mol. The molecule has 1 aromatic rings. The summed E-state index contributed by atoms with van der Waals surface area (Å²) in [6.45, 7) is 6.25. The molecule has 0 heterocycles. The molecular formula is C16H25NO2. The van der Waals surface area contributed by atoms with Gasteiger partial charge in [-0.05, 0) is 25.6 Å². The molecule has 0 N–H and O–H groups in total. The van der Waals surface area contributed by atoms with Gasteiger partial charge in [0.05, 0.1) is 5.92 Å². The van der Waals surface area contributed by atoms with Gasteiger partial charge in [0, 0.05) is 6.54 Å². The van der Waals surface area contributed by atoms with Gasteiger partial charge in [0.25, 0.3) is 0 Å². The second kappa shape index (κ2) is 8.70. The zero-order valence-electron chi connectivity index (χ0n) is 12.3. The Bertz CT molecular complexity index is 364. The van der Waals surface area contributed by atoms with E-state index in [4.69, 9.17) is 4.74 Å². The number of unbranched alkanes of at least 4 members (excludes halogenated alkanes) is 1. The Kier molecular flexibility index (Phi) is 7.19. The molecule has 3 heteroatoms. The van der Waals surface area contributed by atoms with Gasteiger partial charge in [-0.2, -0.15) is 0 Å². The van der Waals surface area contributed by atoms with Crippen LogP contribution < -0.4 is 0 Å². The highest BCUT2D eigenvalue weighted by Gasteiger charge is 2.16. The Balaban J connectivity index is 2.28. The number of hydrogen-bond donors (Lipinski definition) is 0. The fourth-order valence-corrected chi connectivity index (χ4v) is 1.93. The minimum atomic E-state index is -0.118. The van der Waals surface area contributed by atoms with Gasteiger partial charge >= 0.3 is 5.97 Å². The van der Waals surface area contributed by atoms with Crippen molar-refractivity contribution < 1.29 is 9.53 Å². The minimum Gasteiger partial charge on any atom is -0.461 e. The highest BCUT2D eigenvalue weighted by Crippen LogP contribution is 2.06. The van der Waals surface area contributed by atoms with Gasteiger partial charge in [-0.3, -0.25) is 4.79 Å². The van der Waals surface area contributed by atoms with Crippen LogP contribution in [-0.2, 0) is 16.1 Å². The lowest BCUT2D eigenvalue weighted by atomic mass is 10.1. The predicted molar refractivity (Wildman–Crippen MR) is 77.8 cm³/mol. The van der Waals surface area contributed by atoms with E-state index in [1.54, 1.807) is 0 Å². The first-order valence-electron chi connectivity index (χ1n) is 7.02. The maximum atomic E-state index is 11.9. The monoisotopic (exact) mass is 263 g/mol. The van der Waals surface area contributed by atoms with Gasteiger partial charge in [-0.15, -0.1) is 0 Å². The molecule has 1 aromatic carbocycles. The van der Waals surface area contributed by atoms with Gasteiger partial charge in [-0.25, -0.2) is 0 Å². The molecule has 0 aliphatic rings. The van der Waals surface area contributed by atoms with Crippen LogP contribution in [0.1, 0.15) is 32.3 Å². The summed E-state index contributed by atoms with van der Waals surface area (Å²) in [6, 6.07) is 9.78. The fourth-order valence-electron chi connectivity index (χ4n) is 1.93. The lowest BCUT2D eigenvalue weighted by molar-refractivity contribution is -0.149. The molecule has 0 spiro atoms. The average Bonchev–Trinajstić information content (AvgIpc) is 2.43. The van der Waals surface area contributed by atoms with E-state index in [0.29, 0.717) is 6.61 Å². The number of esters is 1. The molecule has 0 radical (unpaired) electrons. The van der Waals surface area contributed by atoms with E-state index in [9.17, 15) is 4.79 Å². The van der Waals surface area contributed by atoms with Crippen LogP contribution in [-0.4, -0.2) is 31.0 Å². The summed E-state index contributed by atoms with van der Waals surface area (Å²) in [5.74, 6) is -0.197. The molecule has 1 rings (SSSR count). The summed E-state index contributed by atoms with van der Waals surface area (Å²) in [6.07, 6.45) is 2.35. The second-order valence-corrected chi connectivity index (χ2v) is 5.11. The Morgan fingerprint density at radius 1 is 1.32 bits per heavy atom. The van der Waals surface area contributed by atoms with Crippen molar-refractivity contribution in [2.75, 3.05) is 20.1 Å². The number of carbonyl (C=O) groups excluding carboxylic acids is 1. The number of ether oxygens (including phenoxy) is 1. The van der Waals surface area contributed by atoms with Crippen LogP contribution in [0.5, 0.6) is 0 Å². The lowest BCUT2D eigenvalue weighted by Crippen LogP contribution is -2.30. The molecule has 106 valence electrons. The van der Waals surface area contributed by atoms with Crippen molar-refractivity contribution in [2.45, 2.75) is 33.3 Å². The number of hydrogen-bond acceptors (Lipinski definition) is 3. The zero-order valence-corrected chi connectivity index (χ0v) is 12.3. The number of carbonyl (C=O) groups is 1. The van der Waals surface area contributed by atoms with E-state index in [2.05, 4.69) is 18.9 Å². The summed E-state index contributed by atoms with van der Waals surface area (Å²) in [5.41, 5.74) is 1.03. The first-order chi connectivity index (χ1) is 9.13.